The van der Waals surface area contributed by atoms with Gasteiger partial charge in [-0.15, -0.1) is 10.2 Å². The first-order valence-corrected chi connectivity index (χ1v) is 10.2. The van der Waals surface area contributed by atoms with Crippen LogP contribution in [0.15, 0.2) is 0 Å². The van der Waals surface area contributed by atoms with E-state index in [1.165, 1.54) is 12.8 Å². The second kappa shape index (κ2) is 6.06. The molecule has 1 aromatic rings. The van der Waals surface area contributed by atoms with E-state index in [0.29, 0.717) is 18.9 Å². The van der Waals surface area contributed by atoms with Crippen molar-refractivity contribution in [2.75, 3.05) is 26.2 Å². The molecule has 3 fully saturated rings. The van der Waals surface area contributed by atoms with E-state index in [1.54, 1.807) is 0 Å². The van der Waals surface area contributed by atoms with Crippen molar-refractivity contribution in [1.82, 2.24) is 24.6 Å². The van der Waals surface area contributed by atoms with Crippen molar-refractivity contribution in [3.63, 3.8) is 0 Å². The zero-order valence-electron chi connectivity index (χ0n) is 15.3. The Balaban J connectivity index is 1.32. The van der Waals surface area contributed by atoms with E-state index in [1.807, 2.05) is 9.47 Å². The number of carbonyl (C=O) groups excluding carboxylic acids is 2. The maximum atomic E-state index is 13.2. The molecule has 1 spiro atoms. The number of carbonyl (C=O) groups is 2. The Morgan fingerprint density at radius 3 is 2.81 bits per heavy atom. The minimum atomic E-state index is -0.354. The summed E-state index contributed by atoms with van der Waals surface area (Å²) in [4.78, 5) is 30.1. The predicted octanol–water partition coefficient (Wildman–Crippen LogP) is 1.48. The average Bonchev–Trinajstić information content (AvgIpc) is 3.21. The smallest absolute Gasteiger partial charge is 0.291 e. The molecule has 7 heteroatoms. The molecule has 0 N–H and O–H groups in total. The Morgan fingerprint density at radius 1 is 1.08 bits per heavy atom. The van der Waals surface area contributed by atoms with Crippen LogP contribution in [-0.2, 0) is 17.8 Å². The van der Waals surface area contributed by atoms with Gasteiger partial charge in [-0.05, 0) is 50.9 Å². The van der Waals surface area contributed by atoms with Gasteiger partial charge in [-0.3, -0.25) is 9.59 Å². The maximum Gasteiger partial charge on any atom is 0.291 e. The minimum absolute atomic E-state index is 0.0466. The molecule has 1 saturated carbocycles. The van der Waals surface area contributed by atoms with Crippen LogP contribution in [0.2, 0.25) is 0 Å². The lowest BCUT2D eigenvalue weighted by Crippen LogP contribution is -2.51. The quantitative estimate of drug-likeness (QED) is 0.821. The van der Waals surface area contributed by atoms with E-state index >= 15 is 0 Å². The van der Waals surface area contributed by atoms with E-state index in [9.17, 15) is 9.59 Å². The molecule has 0 aromatic carbocycles. The van der Waals surface area contributed by atoms with Crippen LogP contribution in [0.3, 0.4) is 0 Å². The fourth-order valence-corrected chi connectivity index (χ4v) is 4.97. The SMILES string of the molecule is O=C(c1nnc2n1CCCC2)N1CC[C@]2(CCCN(CC3CC3)C2=O)C1. The van der Waals surface area contributed by atoms with Crippen LogP contribution in [0.25, 0.3) is 0 Å². The third-order valence-electron chi connectivity index (χ3n) is 6.69. The molecule has 0 unspecified atom stereocenters. The van der Waals surface area contributed by atoms with Crippen molar-refractivity contribution in [3.8, 4) is 0 Å². The minimum Gasteiger partial charge on any atom is -0.342 e. The van der Waals surface area contributed by atoms with Crippen LogP contribution in [0.1, 0.15) is 61.4 Å². The molecule has 140 valence electrons. The van der Waals surface area contributed by atoms with Gasteiger partial charge in [0.2, 0.25) is 11.7 Å². The highest BCUT2D eigenvalue weighted by molar-refractivity contribution is 5.92. The summed E-state index contributed by atoms with van der Waals surface area (Å²) in [6.07, 6.45) is 8.38. The fourth-order valence-electron chi connectivity index (χ4n) is 4.97. The van der Waals surface area contributed by atoms with Crippen molar-refractivity contribution < 1.29 is 9.59 Å². The number of nitrogens with zero attached hydrogens (tertiary/aromatic N) is 5. The molecule has 0 bridgehead atoms. The van der Waals surface area contributed by atoms with E-state index in [-0.39, 0.29) is 17.2 Å². The molecule has 1 aliphatic carbocycles. The number of aryl methyl sites for hydroxylation is 1. The largest absolute Gasteiger partial charge is 0.342 e. The van der Waals surface area contributed by atoms with Gasteiger partial charge in [-0.2, -0.15) is 0 Å². The standard InChI is InChI=1S/C19H27N5O2/c25-17(16-21-20-15-4-1-2-10-24(15)16)23-11-8-19(13-23)7-3-9-22(18(19)26)12-14-5-6-14/h14H,1-13H2/t19-/m1/s1. The van der Waals surface area contributed by atoms with E-state index < -0.39 is 0 Å². The monoisotopic (exact) mass is 357 g/mol. The molecule has 0 radical (unpaired) electrons. The van der Waals surface area contributed by atoms with Crippen LogP contribution in [0.4, 0.5) is 0 Å². The molecule has 26 heavy (non-hydrogen) atoms. The van der Waals surface area contributed by atoms with Crippen molar-refractivity contribution in [3.05, 3.63) is 11.6 Å². The molecular weight excluding hydrogens is 330 g/mol. The van der Waals surface area contributed by atoms with Gasteiger partial charge in [0.05, 0.1) is 5.41 Å². The van der Waals surface area contributed by atoms with Crippen LogP contribution in [0.5, 0.6) is 0 Å². The van der Waals surface area contributed by atoms with Gasteiger partial charge < -0.3 is 14.4 Å². The normalized spacial score (nSPS) is 28.7. The number of hydrogen-bond donors (Lipinski definition) is 0. The van der Waals surface area contributed by atoms with E-state index in [2.05, 4.69) is 15.1 Å². The molecule has 1 atom stereocenters. The molecule has 4 heterocycles. The average molecular weight is 357 g/mol. The van der Waals surface area contributed by atoms with Gasteiger partial charge in [0.15, 0.2) is 0 Å². The Hall–Kier alpha value is -1.92. The number of fused-ring (bicyclic) bond motifs is 1. The highest BCUT2D eigenvalue weighted by Gasteiger charge is 2.50. The lowest BCUT2D eigenvalue weighted by atomic mass is 9.78. The van der Waals surface area contributed by atoms with Gasteiger partial charge in [0, 0.05) is 39.1 Å². The summed E-state index contributed by atoms with van der Waals surface area (Å²) >= 11 is 0. The molecule has 5 rings (SSSR count). The number of piperidine rings is 1. The summed E-state index contributed by atoms with van der Waals surface area (Å²) in [5.41, 5.74) is -0.354. The first-order valence-electron chi connectivity index (χ1n) is 10.2. The summed E-state index contributed by atoms with van der Waals surface area (Å²) in [6, 6.07) is 0. The molecule has 2 saturated heterocycles. The van der Waals surface area contributed by atoms with Crippen LogP contribution in [-0.4, -0.2) is 62.6 Å². The Labute approximate surface area is 153 Å². The van der Waals surface area contributed by atoms with Crippen LogP contribution >= 0.6 is 0 Å². The molecule has 2 amide bonds. The molecule has 4 aliphatic rings. The lowest BCUT2D eigenvalue weighted by molar-refractivity contribution is -0.145. The highest BCUT2D eigenvalue weighted by atomic mass is 16.2. The summed E-state index contributed by atoms with van der Waals surface area (Å²) in [5, 5.41) is 8.39. The van der Waals surface area contributed by atoms with Crippen molar-refractivity contribution in [2.45, 2.75) is 57.9 Å². The number of amides is 2. The Bertz CT molecular complexity index is 740. The number of likely N-dealkylation sites (tertiary alicyclic amines) is 2. The third kappa shape index (κ3) is 2.63. The summed E-state index contributed by atoms with van der Waals surface area (Å²) in [7, 11) is 0. The molecule has 7 nitrogen and oxygen atoms in total. The van der Waals surface area contributed by atoms with Gasteiger partial charge in [-0.1, -0.05) is 0 Å². The summed E-state index contributed by atoms with van der Waals surface area (Å²) < 4.78 is 1.99. The van der Waals surface area contributed by atoms with E-state index in [0.717, 1.165) is 69.9 Å². The summed E-state index contributed by atoms with van der Waals surface area (Å²) in [6.45, 7) is 3.85. The maximum absolute atomic E-state index is 13.2. The van der Waals surface area contributed by atoms with Crippen molar-refractivity contribution in [2.24, 2.45) is 11.3 Å². The molecule has 3 aliphatic heterocycles. The van der Waals surface area contributed by atoms with Gasteiger partial charge in [0.1, 0.15) is 5.82 Å². The second-order valence-corrected chi connectivity index (χ2v) is 8.60. The predicted molar refractivity (Wildman–Crippen MR) is 94.5 cm³/mol. The highest BCUT2D eigenvalue weighted by Crippen LogP contribution is 2.42. The van der Waals surface area contributed by atoms with E-state index in [4.69, 9.17) is 0 Å². The van der Waals surface area contributed by atoms with Crippen molar-refractivity contribution in [1.29, 1.82) is 0 Å². The van der Waals surface area contributed by atoms with Crippen LogP contribution in [0, 0.1) is 11.3 Å². The van der Waals surface area contributed by atoms with Gasteiger partial charge in [0.25, 0.3) is 5.91 Å². The van der Waals surface area contributed by atoms with Gasteiger partial charge in [-0.25, -0.2) is 0 Å². The lowest BCUT2D eigenvalue weighted by Gasteiger charge is -2.39. The number of hydrogen-bond acceptors (Lipinski definition) is 4. The van der Waals surface area contributed by atoms with Crippen LogP contribution < -0.4 is 0 Å². The van der Waals surface area contributed by atoms with Gasteiger partial charge >= 0.3 is 0 Å². The topological polar surface area (TPSA) is 71.3 Å². The first kappa shape index (κ1) is 16.3. The number of aromatic nitrogens is 3. The molecule has 1 aromatic heterocycles. The zero-order chi connectivity index (χ0) is 17.7. The number of rotatable bonds is 3. The first-order chi connectivity index (χ1) is 12.7. The second-order valence-electron chi connectivity index (χ2n) is 8.60. The Morgan fingerprint density at radius 2 is 1.96 bits per heavy atom. The fraction of sp³-hybridized carbons (Fsp3) is 0.789. The molecular formula is C19H27N5O2. The van der Waals surface area contributed by atoms with Crippen molar-refractivity contribution >= 4 is 11.8 Å². The Kier molecular flexibility index (Phi) is 3.79. The summed E-state index contributed by atoms with van der Waals surface area (Å²) in [5.74, 6) is 2.35. The zero-order valence-corrected chi connectivity index (χ0v) is 15.3. The third-order valence-corrected chi connectivity index (χ3v) is 6.69.